The van der Waals surface area contributed by atoms with E-state index < -0.39 is 0 Å². The third-order valence-corrected chi connectivity index (χ3v) is 3.92. The van der Waals surface area contributed by atoms with Crippen LogP contribution in [0, 0.1) is 0 Å². The summed E-state index contributed by atoms with van der Waals surface area (Å²) in [6.45, 7) is 9.60. The van der Waals surface area contributed by atoms with Crippen molar-refractivity contribution in [1.29, 1.82) is 0 Å². The average molecular weight is 293 g/mol. The molecule has 0 aromatic heterocycles. The van der Waals surface area contributed by atoms with Gasteiger partial charge in [-0.25, -0.2) is 0 Å². The highest BCUT2D eigenvalue weighted by atomic mass is 32.2. The first kappa shape index (κ1) is 15.2. The van der Waals surface area contributed by atoms with Crippen molar-refractivity contribution in [3.05, 3.63) is 23.3 Å². The number of thioether (sulfide) groups is 1. The minimum Gasteiger partial charge on any atom is -0.490 e. The monoisotopic (exact) mass is 293 g/mol. The van der Waals surface area contributed by atoms with Gasteiger partial charge in [0.25, 0.3) is 0 Å². The zero-order valence-corrected chi connectivity index (χ0v) is 13.8. The maximum atomic E-state index is 5.72. The SMILES string of the molecule is CCOc1cc2c(cc1OCC)C(SC)=NC(C)(C)C2. The van der Waals surface area contributed by atoms with Gasteiger partial charge in [-0.05, 0) is 58.1 Å². The lowest BCUT2D eigenvalue weighted by Crippen LogP contribution is -2.28. The highest BCUT2D eigenvalue weighted by Gasteiger charge is 2.28. The molecule has 0 atom stereocenters. The van der Waals surface area contributed by atoms with Crippen molar-refractivity contribution in [3.63, 3.8) is 0 Å². The van der Waals surface area contributed by atoms with Crippen LogP contribution in [0.25, 0.3) is 0 Å². The second-order valence-corrected chi connectivity index (χ2v) is 6.23. The number of rotatable bonds is 4. The molecule has 1 aliphatic rings. The van der Waals surface area contributed by atoms with Gasteiger partial charge in [0, 0.05) is 5.56 Å². The molecule has 20 heavy (non-hydrogen) atoms. The van der Waals surface area contributed by atoms with E-state index in [9.17, 15) is 0 Å². The molecule has 0 saturated carbocycles. The molecule has 3 nitrogen and oxygen atoms in total. The van der Waals surface area contributed by atoms with Gasteiger partial charge in [0.1, 0.15) is 0 Å². The summed E-state index contributed by atoms with van der Waals surface area (Å²) in [6, 6.07) is 4.20. The molecule has 0 fully saturated rings. The van der Waals surface area contributed by atoms with Crippen molar-refractivity contribution in [3.8, 4) is 11.5 Å². The Bertz CT molecular complexity index is 523. The summed E-state index contributed by atoms with van der Waals surface area (Å²) in [5.41, 5.74) is 2.42. The first-order chi connectivity index (χ1) is 9.50. The third kappa shape index (κ3) is 3.11. The van der Waals surface area contributed by atoms with Gasteiger partial charge in [-0.15, -0.1) is 11.8 Å². The Morgan fingerprint density at radius 2 is 1.75 bits per heavy atom. The summed E-state index contributed by atoms with van der Waals surface area (Å²) in [6.07, 6.45) is 3.00. The van der Waals surface area contributed by atoms with E-state index in [1.165, 1.54) is 11.1 Å². The number of hydrogen-bond donors (Lipinski definition) is 0. The summed E-state index contributed by atoms with van der Waals surface area (Å²) in [7, 11) is 0. The van der Waals surface area contributed by atoms with Crippen LogP contribution in [0.15, 0.2) is 17.1 Å². The summed E-state index contributed by atoms with van der Waals surface area (Å²) < 4.78 is 11.4. The second kappa shape index (κ2) is 6.08. The molecule has 0 amide bonds. The fourth-order valence-corrected chi connectivity index (χ4v) is 3.23. The Morgan fingerprint density at radius 3 is 2.30 bits per heavy atom. The van der Waals surface area contributed by atoms with E-state index in [1.807, 2.05) is 13.8 Å². The van der Waals surface area contributed by atoms with E-state index in [1.54, 1.807) is 11.8 Å². The molecule has 0 unspecified atom stereocenters. The van der Waals surface area contributed by atoms with Gasteiger partial charge < -0.3 is 9.47 Å². The molecule has 0 spiro atoms. The van der Waals surface area contributed by atoms with Crippen molar-refractivity contribution in [2.24, 2.45) is 4.99 Å². The molecule has 1 heterocycles. The Hall–Kier alpha value is -1.16. The molecule has 4 heteroatoms. The fourth-order valence-electron chi connectivity index (χ4n) is 2.48. The molecule has 0 radical (unpaired) electrons. The number of nitrogens with zero attached hydrogens (tertiary/aromatic N) is 1. The van der Waals surface area contributed by atoms with Crippen LogP contribution in [0.4, 0.5) is 0 Å². The van der Waals surface area contributed by atoms with E-state index in [0.717, 1.165) is 23.0 Å². The predicted octanol–water partition coefficient (Wildman–Crippen LogP) is 3.93. The summed E-state index contributed by atoms with van der Waals surface area (Å²) in [5.74, 6) is 1.65. The molecule has 0 saturated heterocycles. The number of aliphatic imine (C=N–C) groups is 1. The number of benzene rings is 1. The number of ether oxygens (including phenoxy) is 2. The Balaban J connectivity index is 2.52. The van der Waals surface area contributed by atoms with Crippen molar-refractivity contribution in [1.82, 2.24) is 0 Å². The van der Waals surface area contributed by atoms with Crippen molar-refractivity contribution in [2.45, 2.75) is 39.7 Å². The molecule has 1 aromatic rings. The van der Waals surface area contributed by atoms with Crippen molar-refractivity contribution >= 4 is 16.8 Å². The predicted molar refractivity (Wildman–Crippen MR) is 86.6 cm³/mol. The van der Waals surface area contributed by atoms with Gasteiger partial charge in [0.05, 0.1) is 23.8 Å². The topological polar surface area (TPSA) is 30.8 Å². The van der Waals surface area contributed by atoms with Crippen molar-refractivity contribution in [2.75, 3.05) is 19.5 Å². The highest BCUT2D eigenvalue weighted by molar-refractivity contribution is 8.13. The van der Waals surface area contributed by atoms with Gasteiger partial charge in [0.15, 0.2) is 11.5 Å². The summed E-state index contributed by atoms with van der Waals surface area (Å²) in [4.78, 5) is 4.83. The molecule has 0 bridgehead atoms. The largest absolute Gasteiger partial charge is 0.490 e. The Morgan fingerprint density at radius 1 is 1.15 bits per heavy atom. The molecule has 110 valence electrons. The van der Waals surface area contributed by atoms with Crippen molar-refractivity contribution < 1.29 is 9.47 Å². The molecular formula is C16H23NO2S. The van der Waals surface area contributed by atoms with Crippen LogP contribution in [-0.2, 0) is 6.42 Å². The molecule has 1 aromatic carbocycles. The van der Waals surface area contributed by atoms with E-state index in [-0.39, 0.29) is 5.54 Å². The van der Waals surface area contributed by atoms with Gasteiger partial charge in [-0.3, -0.25) is 4.99 Å². The third-order valence-electron chi connectivity index (χ3n) is 3.22. The van der Waals surface area contributed by atoms with E-state index >= 15 is 0 Å². The molecular weight excluding hydrogens is 270 g/mol. The van der Waals surface area contributed by atoms with Crippen LogP contribution in [0.3, 0.4) is 0 Å². The van der Waals surface area contributed by atoms with Crippen LogP contribution in [-0.4, -0.2) is 30.1 Å². The quantitative estimate of drug-likeness (QED) is 0.843. The standard InChI is InChI=1S/C16H23NO2S/c1-6-18-13-8-11-10-16(3,4)17-15(20-5)12(11)9-14(13)19-7-2/h8-9H,6-7,10H2,1-5H3. The molecule has 2 rings (SSSR count). The lowest BCUT2D eigenvalue weighted by Gasteiger charge is -2.29. The van der Waals surface area contributed by atoms with Crippen LogP contribution in [0.5, 0.6) is 11.5 Å². The van der Waals surface area contributed by atoms with Crippen LogP contribution in [0.1, 0.15) is 38.8 Å². The van der Waals surface area contributed by atoms with Crippen LogP contribution in [0.2, 0.25) is 0 Å². The molecule has 0 aliphatic carbocycles. The summed E-state index contributed by atoms with van der Waals surface area (Å²) >= 11 is 1.69. The first-order valence-corrected chi connectivity index (χ1v) is 8.30. The summed E-state index contributed by atoms with van der Waals surface area (Å²) in [5, 5.41) is 1.08. The molecule has 1 aliphatic heterocycles. The normalized spacial score (nSPS) is 16.4. The lowest BCUT2D eigenvalue weighted by atomic mass is 9.89. The lowest BCUT2D eigenvalue weighted by molar-refractivity contribution is 0.287. The zero-order valence-electron chi connectivity index (χ0n) is 12.9. The van der Waals surface area contributed by atoms with Gasteiger partial charge in [-0.1, -0.05) is 0 Å². The number of fused-ring (bicyclic) bond motifs is 1. The van der Waals surface area contributed by atoms with Crippen LogP contribution >= 0.6 is 11.8 Å². The first-order valence-electron chi connectivity index (χ1n) is 7.07. The smallest absolute Gasteiger partial charge is 0.161 e. The van der Waals surface area contributed by atoms with Gasteiger partial charge in [0.2, 0.25) is 0 Å². The molecule has 0 N–H and O–H groups in total. The average Bonchev–Trinajstić information content (AvgIpc) is 2.38. The van der Waals surface area contributed by atoms with Gasteiger partial charge >= 0.3 is 0 Å². The minimum atomic E-state index is -0.0536. The zero-order chi connectivity index (χ0) is 14.8. The second-order valence-electron chi connectivity index (χ2n) is 5.43. The Kier molecular flexibility index (Phi) is 4.63. The fraction of sp³-hybridized carbons (Fsp3) is 0.562. The van der Waals surface area contributed by atoms with Crippen LogP contribution < -0.4 is 9.47 Å². The van der Waals surface area contributed by atoms with E-state index in [0.29, 0.717) is 13.2 Å². The van der Waals surface area contributed by atoms with E-state index in [2.05, 4.69) is 32.2 Å². The maximum Gasteiger partial charge on any atom is 0.161 e. The number of hydrogen-bond acceptors (Lipinski definition) is 4. The Labute approximate surface area is 125 Å². The minimum absolute atomic E-state index is 0.0536. The van der Waals surface area contributed by atoms with Gasteiger partial charge in [-0.2, -0.15) is 0 Å². The van der Waals surface area contributed by atoms with E-state index in [4.69, 9.17) is 14.5 Å². The highest BCUT2D eigenvalue weighted by Crippen LogP contribution is 2.37. The maximum absolute atomic E-state index is 5.72.